The van der Waals surface area contributed by atoms with Crippen LogP contribution >= 0.6 is 0 Å². The minimum absolute atomic E-state index is 0.113. The predicted molar refractivity (Wildman–Crippen MR) is 62.0 cm³/mol. The van der Waals surface area contributed by atoms with Gasteiger partial charge in [0, 0.05) is 12.7 Å². The SMILES string of the molecule is COC(=O)c1nn(CCC(C)(C)C#N)cc1N. The number of nitriles is 1. The van der Waals surface area contributed by atoms with E-state index in [4.69, 9.17) is 11.0 Å². The first-order valence-corrected chi connectivity index (χ1v) is 5.22. The molecule has 0 aliphatic rings. The Morgan fingerprint density at radius 1 is 1.71 bits per heavy atom. The van der Waals surface area contributed by atoms with Gasteiger partial charge in [0.1, 0.15) is 0 Å². The summed E-state index contributed by atoms with van der Waals surface area (Å²) in [5, 5.41) is 12.9. The quantitative estimate of drug-likeness (QED) is 0.792. The van der Waals surface area contributed by atoms with Crippen LogP contribution in [0, 0.1) is 16.7 Å². The number of esters is 1. The van der Waals surface area contributed by atoms with Gasteiger partial charge in [0.15, 0.2) is 5.69 Å². The summed E-state index contributed by atoms with van der Waals surface area (Å²) in [6.07, 6.45) is 2.20. The van der Waals surface area contributed by atoms with Crippen molar-refractivity contribution >= 4 is 11.7 Å². The largest absolute Gasteiger partial charge is 0.464 e. The highest BCUT2D eigenvalue weighted by atomic mass is 16.5. The number of aryl methyl sites for hydroxylation is 1. The molecule has 0 aliphatic carbocycles. The van der Waals surface area contributed by atoms with Gasteiger partial charge >= 0.3 is 5.97 Å². The molecular weight excluding hydrogens is 220 g/mol. The summed E-state index contributed by atoms with van der Waals surface area (Å²) in [6.45, 7) is 4.23. The lowest BCUT2D eigenvalue weighted by Crippen LogP contribution is -2.13. The van der Waals surface area contributed by atoms with Crippen LogP contribution in [0.2, 0.25) is 0 Å². The molecule has 1 rings (SSSR count). The number of hydrogen-bond acceptors (Lipinski definition) is 5. The molecule has 0 saturated carbocycles. The van der Waals surface area contributed by atoms with E-state index in [1.807, 2.05) is 13.8 Å². The molecule has 1 aromatic heterocycles. The normalized spacial score (nSPS) is 10.9. The van der Waals surface area contributed by atoms with Gasteiger partial charge in [-0.3, -0.25) is 4.68 Å². The van der Waals surface area contributed by atoms with Gasteiger partial charge in [-0.15, -0.1) is 0 Å². The Balaban J connectivity index is 2.75. The van der Waals surface area contributed by atoms with Gasteiger partial charge < -0.3 is 10.5 Å². The van der Waals surface area contributed by atoms with Crippen LogP contribution in [-0.2, 0) is 11.3 Å². The van der Waals surface area contributed by atoms with Crippen LogP contribution in [0.5, 0.6) is 0 Å². The topological polar surface area (TPSA) is 93.9 Å². The van der Waals surface area contributed by atoms with Crippen molar-refractivity contribution in [3.63, 3.8) is 0 Å². The fourth-order valence-corrected chi connectivity index (χ4v) is 1.26. The van der Waals surface area contributed by atoms with Crippen LogP contribution in [-0.4, -0.2) is 22.9 Å². The first-order chi connectivity index (χ1) is 7.89. The van der Waals surface area contributed by atoms with Crippen molar-refractivity contribution in [3.8, 4) is 6.07 Å². The Morgan fingerprint density at radius 2 is 2.35 bits per heavy atom. The molecule has 0 aromatic carbocycles. The van der Waals surface area contributed by atoms with Gasteiger partial charge in [-0.05, 0) is 20.3 Å². The Labute approximate surface area is 100.0 Å². The maximum Gasteiger partial charge on any atom is 0.360 e. The molecule has 0 aliphatic heterocycles. The van der Waals surface area contributed by atoms with E-state index in [2.05, 4.69) is 15.9 Å². The number of aromatic nitrogens is 2. The van der Waals surface area contributed by atoms with Crippen LogP contribution in [0.25, 0.3) is 0 Å². The van der Waals surface area contributed by atoms with E-state index in [0.717, 1.165) is 0 Å². The lowest BCUT2D eigenvalue weighted by atomic mass is 9.92. The van der Waals surface area contributed by atoms with Crippen molar-refractivity contribution in [3.05, 3.63) is 11.9 Å². The minimum Gasteiger partial charge on any atom is -0.464 e. The second-order valence-electron chi connectivity index (χ2n) is 4.43. The van der Waals surface area contributed by atoms with Crippen molar-refractivity contribution < 1.29 is 9.53 Å². The summed E-state index contributed by atoms with van der Waals surface area (Å²) in [4.78, 5) is 11.3. The first kappa shape index (κ1) is 13.0. The second-order valence-corrected chi connectivity index (χ2v) is 4.43. The predicted octanol–water partition coefficient (Wildman–Crippen LogP) is 1.19. The monoisotopic (exact) mass is 236 g/mol. The zero-order valence-corrected chi connectivity index (χ0v) is 10.2. The van der Waals surface area contributed by atoms with E-state index in [1.165, 1.54) is 7.11 Å². The number of carbonyl (C=O) groups excluding carboxylic acids is 1. The number of nitrogens with zero attached hydrogens (tertiary/aromatic N) is 3. The summed E-state index contributed by atoms with van der Waals surface area (Å²) in [5.74, 6) is -0.555. The number of nitrogen functional groups attached to an aromatic ring is 1. The molecule has 6 heteroatoms. The van der Waals surface area contributed by atoms with Crippen LogP contribution in [0.15, 0.2) is 6.20 Å². The lowest BCUT2D eigenvalue weighted by Gasteiger charge is -2.14. The average molecular weight is 236 g/mol. The Morgan fingerprint density at radius 3 is 2.88 bits per heavy atom. The number of methoxy groups -OCH3 is 1. The van der Waals surface area contributed by atoms with Crippen LogP contribution in [0.3, 0.4) is 0 Å². The molecule has 0 atom stereocenters. The number of anilines is 1. The summed E-state index contributed by atoms with van der Waals surface area (Å²) in [6, 6.07) is 2.20. The molecule has 17 heavy (non-hydrogen) atoms. The van der Waals surface area contributed by atoms with Crippen molar-refractivity contribution in [1.29, 1.82) is 5.26 Å². The molecule has 0 radical (unpaired) electrons. The van der Waals surface area contributed by atoms with E-state index >= 15 is 0 Å². The molecule has 2 N–H and O–H groups in total. The molecule has 1 aromatic rings. The van der Waals surface area contributed by atoms with Crippen molar-refractivity contribution in [1.82, 2.24) is 9.78 Å². The summed E-state index contributed by atoms with van der Waals surface area (Å²) < 4.78 is 6.11. The number of carbonyl (C=O) groups is 1. The van der Waals surface area contributed by atoms with E-state index in [9.17, 15) is 4.79 Å². The molecule has 0 bridgehead atoms. The van der Waals surface area contributed by atoms with Gasteiger partial charge in [-0.2, -0.15) is 10.4 Å². The third-order valence-corrected chi connectivity index (χ3v) is 2.44. The van der Waals surface area contributed by atoms with E-state index < -0.39 is 11.4 Å². The number of rotatable bonds is 4. The standard InChI is InChI=1S/C11H16N4O2/c1-11(2,7-12)4-5-15-6-8(13)9(14-15)10(16)17-3/h6H,4-5,13H2,1-3H3. The van der Waals surface area contributed by atoms with Crippen LogP contribution < -0.4 is 5.73 Å². The van der Waals surface area contributed by atoms with Crippen LogP contribution in [0.1, 0.15) is 30.8 Å². The zero-order valence-electron chi connectivity index (χ0n) is 10.2. The molecule has 1 heterocycles. The van der Waals surface area contributed by atoms with E-state index in [1.54, 1.807) is 10.9 Å². The van der Waals surface area contributed by atoms with Gasteiger partial charge in [-0.1, -0.05) is 0 Å². The summed E-state index contributed by atoms with van der Waals surface area (Å²) in [7, 11) is 1.28. The van der Waals surface area contributed by atoms with Crippen molar-refractivity contribution in [2.45, 2.75) is 26.8 Å². The van der Waals surface area contributed by atoms with Gasteiger partial charge in [0.25, 0.3) is 0 Å². The van der Waals surface area contributed by atoms with Crippen molar-refractivity contribution in [2.24, 2.45) is 5.41 Å². The smallest absolute Gasteiger partial charge is 0.360 e. The number of nitrogens with two attached hydrogens (primary N) is 1. The number of ether oxygens (including phenoxy) is 1. The van der Waals surface area contributed by atoms with Gasteiger partial charge in [0.05, 0.1) is 24.3 Å². The summed E-state index contributed by atoms with van der Waals surface area (Å²) in [5.41, 5.74) is 5.61. The minimum atomic E-state index is -0.555. The van der Waals surface area contributed by atoms with Crippen molar-refractivity contribution in [2.75, 3.05) is 12.8 Å². The molecule has 0 amide bonds. The van der Waals surface area contributed by atoms with Gasteiger partial charge in [0.2, 0.25) is 0 Å². The van der Waals surface area contributed by atoms with E-state index in [0.29, 0.717) is 13.0 Å². The lowest BCUT2D eigenvalue weighted by molar-refractivity contribution is 0.0594. The highest BCUT2D eigenvalue weighted by Crippen LogP contribution is 2.20. The summed E-state index contributed by atoms with van der Waals surface area (Å²) >= 11 is 0. The third kappa shape index (κ3) is 3.21. The van der Waals surface area contributed by atoms with E-state index in [-0.39, 0.29) is 11.4 Å². The molecule has 0 fully saturated rings. The fraction of sp³-hybridized carbons (Fsp3) is 0.545. The maximum absolute atomic E-state index is 11.3. The molecule has 0 saturated heterocycles. The molecular formula is C11H16N4O2. The second kappa shape index (κ2) is 4.87. The maximum atomic E-state index is 11.3. The Hall–Kier alpha value is -2.03. The Bertz CT molecular complexity index is 457. The number of hydrogen-bond donors (Lipinski definition) is 1. The third-order valence-electron chi connectivity index (χ3n) is 2.44. The molecule has 0 unspecified atom stereocenters. The molecule has 6 nitrogen and oxygen atoms in total. The Kier molecular flexibility index (Phi) is 3.73. The van der Waals surface area contributed by atoms with Crippen LogP contribution in [0.4, 0.5) is 5.69 Å². The molecule has 92 valence electrons. The zero-order chi connectivity index (χ0) is 13.1. The highest BCUT2D eigenvalue weighted by Gasteiger charge is 2.19. The molecule has 0 spiro atoms. The first-order valence-electron chi connectivity index (χ1n) is 5.22. The fourth-order valence-electron chi connectivity index (χ4n) is 1.26. The van der Waals surface area contributed by atoms with Gasteiger partial charge in [-0.25, -0.2) is 4.79 Å². The average Bonchev–Trinajstić information content (AvgIpc) is 2.67. The highest BCUT2D eigenvalue weighted by molar-refractivity contribution is 5.92.